The van der Waals surface area contributed by atoms with E-state index in [1.165, 1.54) is 20.1 Å². The lowest BCUT2D eigenvalue weighted by Crippen LogP contribution is -2.16. The second-order valence-corrected chi connectivity index (χ2v) is 10.6. The van der Waals surface area contributed by atoms with Crippen molar-refractivity contribution in [2.24, 2.45) is 0 Å². The normalized spacial score (nSPS) is 11.5. The zero-order valence-electron chi connectivity index (χ0n) is 25.1. The molecular weight excluding hydrogens is 586 g/mol. The molecule has 2 aromatic heterocycles. The summed E-state index contributed by atoms with van der Waals surface area (Å²) in [6.45, 7) is 1.81. The number of para-hydroxylation sites is 1. The van der Waals surface area contributed by atoms with Crippen molar-refractivity contribution in [2.45, 2.75) is 13.5 Å². The Morgan fingerprint density at radius 3 is 1.98 bits per heavy atom. The molecule has 228 valence electrons. The summed E-state index contributed by atoms with van der Waals surface area (Å²) in [5, 5.41) is 0.763. The van der Waals surface area contributed by atoms with E-state index in [1.54, 1.807) is 72.8 Å². The van der Waals surface area contributed by atoms with Gasteiger partial charge in [-0.05, 0) is 84.8 Å². The summed E-state index contributed by atoms with van der Waals surface area (Å²) in [4.78, 5) is 60.1. The predicted octanol–water partition coefficient (Wildman–Crippen LogP) is 5.81. The van der Waals surface area contributed by atoms with Crippen molar-refractivity contribution >= 4 is 45.3 Å². The maximum Gasteiger partial charge on any atom is 0.347 e. The number of nitrogens with zero attached hydrogens (tertiary/aromatic N) is 3. The van der Waals surface area contributed by atoms with Crippen LogP contribution in [0.25, 0.3) is 50.8 Å². The van der Waals surface area contributed by atoms with E-state index in [9.17, 15) is 19.2 Å². The SMILES string of the molecule is COC(=O)/C(=C/c1ccc(N(C)Cc2ccc3nc(-c4ccc(-c5nc6ccccc6c(=O)o5)cc4)oc(=O)c3c2)cc1)C(C)=O. The van der Waals surface area contributed by atoms with Crippen LogP contribution in [0.2, 0.25) is 0 Å². The largest absolute Gasteiger partial charge is 0.465 e. The highest BCUT2D eigenvalue weighted by atomic mass is 16.5. The zero-order valence-corrected chi connectivity index (χ0v) is 25.1. The van der Waals surface area contributed by atoms with Crippen LogP contribution in [0, 0.1) is 0 Å². The number of esters is 1. The first-order valence-electron chi connectivity index (χ1n) is 14.3. The Kier molecular flexibility index (Phi) is 8.09. The number of methoxy groups -OCH3 is 1. The summed E-state index contributed by atoms with van der Waals surface area (Å²) in [7, 11) is 3.15. The Labute approximate surface area is 262 Å². The van der Waals surface area contributed by atoms with Gasteiger partial charge in [0.1, 0.15) is 5.57 Å². The van der Waals surface area contributed by atoms with E-state index >= 15 is 0 Å². The number of ether oxygens (including phenoxy) is 1. The minimum Gasteiger partial charge on any atom is -0.465 e. The van der Waals surface area contributed by atoms with Crippen molar-refractivity contribution in [3.05, 3.63) is 129 Å². The van der Waals surface area contributed by atoms with Crippen LogP contribution in [0.4, 0.5) is 5.69 Å². The Morgan fingerprint density at radius 2 is 1.37 bits per heavy atom. The molecule has 10 nitrogen and oxygen atoms in total. The van der Waals surface area contributed by atoms with Crippen molar-refractivity contribution < 1.29 is 23.2 Å². The summed E-state index contributed by atoms with van der Waals surface area (Å²) >= 11 is 0. The molecule has 0 N–H and O–H groups in total. The van der Waals surface area contributed by atoms with Gasteiger partial charge in [-0.15, -0.1) is 0 Å². The number of hydrogen-bond acceptors (Lipinski definition) is 10. The molecule has 46 heavy (non-hydrogen) atoms. The quantitative estimate of drug-likeness (QED) is 0.0897. The van der Waals surface area contributed by atoms with Gasteiger partial charge in [0.05, 0.1) is 28.9 Å². The predicted molar refractivity (Wildman–Crippen MR) is 174 cm³/mol. The summed E-state index contributed by atoms with van der Waals surface area (Å²) in [6, 6.07) is 26.7. The van der Waals surface area contributed by atoms with Crippen molar-refractivity contribution in [2.75, 3.05) is 19.1 Å². The molecule has 0 amide bonds. The summed E-state index contributed by atoms with van der Waals surface area (Å²) in [5.41, 5.74) is 3.64. The number of carbonyl (C=O) groups excluding carboxylic acids is 2. The first-order valence-corrected chi connectivity index (χ1v) is 14.3. The topological polar surface area (TPSA) is 133 Å². The van der Waals surface area contributed by atoms with Crippen LogP contribution in [0.1, 0.15) is 18.1 Å². The molecule has 0 unspecified atom stereocenters. The van der Waals surface area contributed by atoms with Crippen LogP contribution >= 0.6 is 0 Å². The number of aromatic nitrogens is 2. The lowest BCUT2D eigenvalue weighted by molar-refractivity contribution is -0.137. The number of rotatable bonds is 8. The van der Waals surface area contributed by atoms with Crippen molar-refractivity contribution in [3.8, 4) is 22.9 Å². The lowest BCUT2D eigenvalue weighted by atomic mass is 10.1. The molecule has 10 heteroatoms. The van der Waals surface area contributed by atoms with E-state index in [0.717, 1.165) is 11.3 Å². The molecule has 6 aromatic rings. The Hall–Kier alpha value is -6.16. The van der Waals surface area contributed by atoms with Crippen LogP contribution in [0.3, 0.4) is 0 Å². The number of anilines is 1. The van der Waals surface area contributed by atoms with E-state index in [4.69, 9.17) is 13.6 Å². The average Bonchev–Trinajstić information content (AvgIpc) is 3.07. The maximum atomic E-state index is 13.0. The Balaban J connectivity index is 1.20. The first-order chi connectivity index (χ1) is 22.2. The maximum absolute atomic E-state index is 13.0. The van der Waals surface area contributed by atoms with Gasteiger partial charge in [-0.2, -0.15) is 0 Å². The summed E-state index contributed by atoms with van der Waals surface area (Å²) < 4.78 is 15.7. The highest BCUT2D eigenvalue weighted by Crippen LogP contribution is 2.25. The molecule has 0 bridgehead atoms. The van der Waals surface area contributed by atoms with E-state index < -0.39 is 17.2 Å². The number of hydrogen-bond donors (Lipinski definition) is 0. The van der Waals surface area contributed by atoms with Gasteiger partial charge in [0.2, 0.25) is 11.8 Å². The minimum atomic E-state index is -0.681. The molecular formula is C36H27N3O7. The smallest absolute Gasteiger partial charge is 0.347 e. The highest BCUT2D eigenvalue weighted by molar-refractivity contribution is 6.19. The van der Waals surface area contributed by atoms with Crippen molar-refractivity contribution in [3.63, 3.8) is 0 Å². The molecule has 0 atom stereocenters. The second kappa shape index (κ2) is 12.4. The van der Waals surface area contributed by atoms with Gasteiger partial charge < -0.3 is 18.5 Å². The number of benzene rings is 4. The molecule has 2 heterocycles. The fourth-order valence-corrected chi connectivity index (χ4v) is 5.01. The van der Waals surface area contributed by atoms with Crippen LogP contribution in [0.15, 0.2) is 115 Å². The van der Waals surface area contributed by atoms with Gasteiger partial charge in [0, 0.05) is 30.4 Å². The number of carbonyl (C=O) groups is 2. The van der Waals surface area contributed by atoms with Gasteiger partial charge in [-0.1, -0.05) is 30.3 Å². The van der Waals surface area contributed by atoms with Gasteiger partial charge in [-0.25, -0.2) is 24.4 Å². The third kappa shape index (κ3) is 6.09. The van der Waals surface area contributed by atoms with Gasteiger partial charge in [0.15, 0.2) is 5.78 Å². The third-order valence-electron chi connectivity index (χ3n) is 7.46. The van der Waals surface area contributed by atoms with Gasteiger partial charge in [0.25, 0.3) is 0 Å². The molecule has 0 aliphatic carbocycles. The number of Topliss-reactive ketones (excluding diaryl/α,β-unsaturated/α-hetero) is 1. The van der Waals surface area contributed by atoms with Crippen LogP contribution < -0.4 is 16.2 Å². The average molecular weight is 614 g/mol. The highest BCUT2D eigenvalue weighted by Gasteiger charge is 2.15. The first kappa shape index (κ1) is 29.9. The number of ketones is 1. The molecule has 0 saturated heterocycles. The fourth-order valence-electron chi connectivity index (χ4n) is 5.01. The van der Waals surface area contributed by atoms with E-state index in [-0.39, 0.29) is 23.1 Å². The molecule has 0 fully saturated rings. The zero-order chi connectivity index (χ0) is 32.4. The van der Waals surface area contributed by atoms with Crippen LogP contribution in [0.5, 0.6) is 0 Å². The van der Waals surface area contributed by atoms with Crippen LogP contribution in [-0.4, -0.2) is 35.9 Å². The van der Waals surface area contributed by atoms with E-state index in [1.807, 2.05) is 30.1 Å². The molecule has 0 spiro atoms. The van der Waals surface area contributed by atoms with E-state index in [2.05, 4.69) is 9.97 Å². The lowest BCUT2D eigenvalue weighted by Gasteiger charge is -2.20. The standard InChI is InChI=1S/C36H27N3O7/c1-21(40)28(34(41)44-3)18-22-8-15-26(16-9-22)39(2)20-23-10-17-31-29(19-23)36(43)46-33(38-31)25-13-11-24(12-14-25)32-37-30-7-5-4-6-27(30)35(42)45-32/h4-19H,20H2,1-3H3/b28-18+. The monoisotopic (exact) mass is 613 g/mol. The molecule has 0 aliphatic heterocycles. The second-order valence-electron chi connectivity index (χ2n) is 10.6. The van der Waals surface area contributed by atoms with E-state index in [0.29, 0.717) is 45.0 Å². The third-order valence-corrected chi connectivity index (χ3v) is 7.46. The van der Waals surface area contributed by atoms with Crippen molar-refractivity contribution in [1.82, 2.24) is 9.97 Å². The molecule has 4 aromatic carbocycles. The minimum absolute atomic E-state index is 0.0273. The van der Waals surface area contributed by atoms with Gasteiger partial charge in [-0.3, -0.25) is 4.79 Å². The molecule has 0 radical (unpaired) electrons. The van der Waals surface area contributed by atoms with Crippen LogP contribution in [-0.2, 0) is 20.9 Å². The Morgan fingerprint density at radius 1 is 0.783 bits per heavy atom. The molecule has 0 aliphatic rings. The molecule has 6 rings (SSSR count). The summed E-state index contributed by atoms with van der Waals surface area (Å²) in [6.07, 6.45) is 1.50. The molecule has 0 saturated carbocycles. The number of fused-ring (bicyclic) bond motifs is 2. The van der Waals surface area contributed by atoms with Gasteiger partial charge >= 0.3 is 17.2 Å². The fraction of sp³-hybridized carbons (Fsp3) is 0.111. The summed E-state index contributed by atoms with van der Waals surface area (Å²) in [5.74, 6) is -0.705. The van der Waals surface area contributed by atoms with Crippen molar-refractivity contribution in [1.29, 1.82) is 0 Å². The Bertz CT molecular complexity index is 2270.